The molecule has 0 radical (unpaired) electrons. The zero-order valence-corrected chi connectivity index (χ0v) is 8.86. The molecule has 15 heavy (non-hydrogen) atoms. The van der Waals surface area contributed by atoms with Gasteiger partial charge in [-0.2, -0.15) is 0 Å². The van der Waals surface area contributed by atoms with Crippen LogP contribution in [0, 0.1) is 0 Å². The summed E-state index contributed by atoms with van der Waals surface area (Å²) in [5.74, 6) is -1.17. The van der Waals surface area contributed by atoms with E-state index in [9.17, 15) is 9.59 Å². The molecule has 1 aliphatic heterocycles. The van der Waals surface area contributed by atoms with Crippen LogP contribution in [0.2, 0.25) is 0 Å². The van der Waals surface area contributed by atoms with Crippen LogP contribution >= 0.6 is 0 Å². The number of aliphatic carboxylic acids is 1. The van der Waals surface area contributed by atoms with E-state index < -0.39 is 5.97 Å². The van der Waals surface area contributed by atoms with Gasteiger partial charge in [0.15, 0.2) is 0 Å². The lowest BCUT2D eigenvalue weighted by Gasteiger charge is -2.19. The molecule has 1 rings (SSSR count). The summed E-state index contributed by atoms with van der Waals surface area (Å²) < 4.78 is 5.41. The minimum absolute atomic E-state index is 0.0335. The van der Waals surface area contributed by atoms with Gasteiger partial charge < -0.3 is 15.2 Å². The van der Waals surface area contributed by atoms with Gasteiger partial charge in [-0.1, -0.05) is 0 Å². The highest BCUT2D eigenvalue weighted by molar-refractivity contribution is 5.80. The molecule has 1 amide bonds. The summed E-state index contributed by atoms with van der Waals surface area (Å²) in [4.78, 5) is 21.5. The number of carbonyl (C=O) groups excluding carboxylic acids is 1. The molecule has 2 atom stereocenters. The van der Waals surface area contributed by atoms with Gasteiger partial charge in [-0.25, -0.2) is 0 Å². The smallest absolute Gasteiger partial charge is 0.303 e. The van der Waals surface area contributed by atoms with E-state index >= 15 is 0 Å². The number of hydrogen-bond donors (Lipinski definition) is 2. The molecule has 2 unspecified atom stereocenters. The first-order valence-electron chi connectivity index (χ1n) is 5.22. The largest absolute Gasteiger partial charge is 0.481 e. The molecule has 0 spiro atoms. The summed E-state index contributed by atoms with van der Waals surface area (Å²) in [5, 5.41) is 11.2. The Hall–Kier alpha value is -1.10. The van der Waals surface area contributed by atoms with Crippen molar-refractivity contribution in [3.63, 3.8) is 0 Å². The molecule has 0 saturated carbocycles. The molecule has 2 N–H and O–H groups in total. The fraction of sp³-hybridized carbons (Fsp3) is 0.800. The van der Waals surface area contributed by atoms with Crippen LogP contribution in [0.3, 0.4) is 0 Å². The Morgan fingerprint density at radius 1 is 1.53 bits per heavy atom. The third-order valence-electron chi connectivity index (χ3n) is 2.48. The molecule has 0 aromatic heterocycles. The average Bonchev–Trinajstić information content (AvgIpc) is 2.67. The maximum Gasteiger partial charge on any atom is 0.303 e. The van der Waals surface area contributed by atoms with Gasteiger partial charge in [0.25, 0.3) is 0 Å². The molecule has 86 valence electrons. The molecule has 1 saturated heterocycles. The maximum atomic E-state index is 11.3. The van der Waals surface area contributed by atoms with Crippen LogP contribution in [0.5, 0.6) is 0 Å². The number of hydrogen-bond acceptors (Lipinski definition) is 3. The second kappa shape index (κ2) is 5.70. The first-order valence-corrected chi connectivity index (χ1v) is 5.22. The summed E-state index contributed by atoms with van der Waals surface area (Å²) in [6, 6.07) is -0.0335. The molecular formula is C10H17NO4. The number of ether oxygens (including phenoxy) is 1. The Kier molecular flexibility index (Phi) is 4.55. The molecule has 5 heteroatoms. The number of carbonyl (C=O) groups is 2. The zero-order valence-electron chi connectivity index (χ0n) is 8.86. The molecule has 0 aliphatic carbocycles. The topological polar surface area (TPSA) is 75.6 Å². The van der Waals surface area contributed by atoms with Gasteiger partial charge in [0, 0.05) is 13.0 Å². The van der Waals surface area contributed by atoms with E-state index in [0.29, 0.717) is 0 Å². The molecule has 0 aromatic rings. The second-order valence-corrected chi connectivity index (χ2v) is 3.80. The number of nitrogens with one attached hydrogen (secondary N) is 1. The van der Waals surface area contributed by atoms with Crippen molar-refractivity contribution in [2.75, 3.05) is 6.61 Å². The van der Waals surface area contributed by atoms with Crippen LogP contribution in [-0.2, 0) is 14.3 Å². The Morgan fingerprint density at radius 2 is 2.27 bits per heavy atom. The van der Waals surface area contributed by atoms with Crippen molar-refractivity contribution in [3.8, 4) is 0 Å². The molecule has 0 aromatic carbocycles. The highest BCUT2D eigenvalue weighted by Crippen LogP contribution is 2.15. The van der Waals surface area contributed by atoms with Crippen LogP contribution in [0.4, 0.5) is 0 Å². The first kappa shape index (κ1) is 12.0. The van der Waals surface area contributed by atoms with Crippen molar-refractivity contribution >= 4 is 11.9 Å². The van der Waals surface area contributed by atoms with E-state index in [4.69, 9.17) is 9.84 Å². The van der Waals surface area contributed by atoms with Crippen LogP contribution in [-0.4, -0.2) is 35.7 Å². The molecule has 0 bridgehead atoms. The van der Waals surface area contributed by atoms with Crippen molar-refractivity contribution < 1.29 is 19.4 Å². The van der Waals surface area contributed by atoms with Gasteiger partial charge in [0.2, 0.25) is 5.91 Å². The van der Waals surface area contributed by atoms with Crippen molar-refractivity contribution in [2.45, 2.75) is 44.8 Å². The van der Waals surface area contributed by atoms with Gasteiger partial charge >= 0.3 is 5.97 Å². The van der Waals surface area contributed by atoms with E-state index in [0.717, 1.165) is 19.4 Å². The molecule has 1 aliphatic rings. The predicted octanol–water partition coefficient (Wildman–Crippen LogP) is 0.535. The minimum Gasteiger partial charge on any atom is -0.481 e. The van der Waals surface area contributed by atoms with E-state index in [2.05, 4.69) is 5.32 Å². The van der Waals surface area contributed by atoms with Crippen LogP contribution in [0.25, 0.3) is 0 Å². The van der Waals surface area contributed by atoms with E-state index in [-0.39, 0.29) is 30.9 Å². The lowest BCUT2D eigenvalue weighted by atomic mass is 10.1. The highest BCUT2D eigenvalue weighted by Gasteiger charge is 2.23. The Labute approximate surface area is 88.8 Å². The number of carboxylic acid groups (broad SMARTS) is 1. The van der Waals surface area contributed by atoms with Gasteiger partial charge in [0.1, 0.15) is 0 Å². The van der Waals surface area contributed by atoms with Gasteiger partial charge in [-0.05, 0) is 19.8 Å². The van der Waals surface area contributed by atoms with E-state index in [1.54, 1.807) is 0 Å². The molecule has 1 fully saturated rings. The number of rotatable bonds is 5. The Bertz CT molecular complexity index is 236. The normalized spacial score (nSPS) is 22.3. The summed E-state index contributed by atoms with van der Waals surface area (Å²) in [6.07, 6.45) is 1.98. The monoisotopic (exact) mass is 215 g/mol. The average molecular weight is 215 g/mol. The lowest BCUT2D eigenvalue weighted by Crippen LogP contribution is -2.40. The first-order chi connectivity index (χ1) is 7.09. The quantitative estimate of drug-likeness (QED) is 0.701. The highest BCUT2D eigenvalue weighted by atomic mass is 16.5. The predicted molar refractivity (Wildman–Crippen MR) is 53.4 cm³/mol. The van der Waals surface area contributed by atoms with Gasteiger partial charge in [-0.15, -0.1) is 0 Å². The van der Waals surface area contributed by atoms with Crippen LogP contribution < -0.4 is 5.32 Å². The van der Waals surface area contributed by atoms with Crippen LogP contribution in [0.1, 0.15) is 32.6 Å². The Balaban J connectivity index is 2.21. The third kappa shape index (κ3) is 4.29. The van der Waals surface area contributed by atoms with Crippen molar-refractivity contribution in [1.29, 1.82) is 0 Å². The summed E-state index contributed by atoms with van der Waals surface area (Å²) in [6.45, 7) is 2.63. The fourth-order valence-corrected chi connectivity index (χ4v) is 1.64. The summed E-state index contributed by atoms with van der Waals surface area (Å²) in [7, 11) is 0. The molecule has 5 nitrogen and oxygen atoms in total. The van der Waals surface area contributed by atoms with E-state index in [1.165, 1.54) is 0 Å². The number of carboxylic acids is 1. The van der Waals surface area contributed by atoms with E-state index in [1.807, 2.05) is 6.92 Å². The van der Waals surface area contributed by atoms with Gasteiger partial charge in [-0.3, -0.25) is 9.59 Å². The minimum atomic E-state index is -0.949. The second-order valence-electron chi connectivity index (χ2n) is 3.80. The third-order valence-corrected chi connectivity index (χ3v) is 2.48. The van der Waals surface area contributed by atoms with Crippen molar-refractivity contribution in [2.24, 2.45) is 0 Å². The Morgan fingerprint density at radius 3 is 2.80 bits per heavy atom. The van der Waals surface area contributed by atoms with Crippen LogP contribution in [0.15, 0.2) is 0 Å². The lowest BCUT2D eigenvalue weighted by molar-refractivity contribution is -0.139. The number of amides is 1. The summed E-state index contributed by atoms with van der Waals surface area (Å²) in [5.41, 5.74) is 0. The molecular weight excluding hydrogens is 198 g/mol. The van der Waals surface area contributed by atoms with Gasteiger partial charge in [0.05, 0.1) is 18.6 Å². The SMILES string of the molecule is CC(NC(=O)CCC(=O)O)C1CCCO1. The van der Waals surface area contributed by atoms with Crippen molar-refractivity contribution in [1.82, 2.24) is 5.32 Å². The zero-order chi connectivity index (χ0) is 11.3. The van der Waals surface area contributed by atoms with Crippen molar-refractivity contribution in [3.05, 3.63) is 0 Å². The summed E-state index contributed by atoms with van der Waals surface area (Å²) >= 11 is 0. The standard InChI is InChI=1S/C10H17NO4/c1-7(8-3-2-6-15-8)11-9(12)4-5-10(13)14/h7-8H,2-6H2,1H3,(H,11,12)(H,13,14). The maximum absolute atomic E-state index is 11.3. The molecule has 1 heterocycles. The fourth-order valence-electron chi connectivity index (χ4n) is 1.64.